The van der Waals surface area contributed by atoms with E-state index < -0.39 is 28.8 Å². The average Bonchev–Trinajstić information content (AvgIpc) is 2.46. The number of benzene rings is 2. The molecule has 0 radical (unpaired) electrons. The number of primary amides is 1. The van der Waals surface area contributed by atoms with Crippen LogP contribution in [0.4, 0.5) is 13.2 Å². The maximum Gasteiger partial charge on any atom is 0.416 e. The molecular formula is C15H11BrF3NO2. The number of nitrogens with two attached hydrogens (primary N) is 1. The molecule has 1 amide bonds. The summed E-state index contributed by atoms with van der Waals surface area (Å²) >= 11 is 2.95. The molecule has 2 rings (SSSR count). The average molecular weight is 374 g/mol. The summed E-state index contributed by atoms with van der Waals surface area (Å²) in [6, 6.07) is 10.4. The first-order chi connectivity index (χ1) is 10.2. The van der Waals surface area contributed by atoms with Crippen LogP contribution >= 0.6 is 15.9 Å². The summed E-state index contributed by atoms with van der Waals surface area (Å²) in [5, 5.41) is 10.7. The number of carbonyl (C=O) groups excluding carboxylic acids is 1. The highest BCUT2D eigenvalue weighted by Gasteiger charge is 2.45. The molecule has 0 aromatic heterocycles. The van der Waals surface area contributed by atoms with Gasteiger partial charge in [-0.15, -0.1) is 0 Å². The number of halogens is 4. The van der Waals surface area contributed by atoms with Crippen molar-refractivity contribution < 1.29 is 23.1 Å². The van der Waals surface area contributed by atoms with E-state index in [1.54, 1.807) is 6.07 Å². The molecule has 0 fully saturated rings. The van der Waals surface area contributed by atoms with Gasteiger partial charge in [-0.1, -0.05) is 52.3 Å². The fourth-order valence-corrected chi connectivity index (χ4v) is 2.54. The number of amides is 1. The summed E-state index contributed by atoms with van der Waals surface area (Å²) < 4.78 is 39.9. The van der Waals surface area contributed by atoms with Gasteiger partial charge >= 0.3 is 6.18 Å². The summed E-state index contributed by atoms with van der Waals surface area (Å²) in [5.74, 6) is -1.29. The normalized spacial score (nSPS) is 14.4. The molecule has 0 aliphatic heterocycles. The number of hydrogen-bond acceptors (Lipinski definition) is 2. The van der Waals surface area contributed by atoms with Gasteiger partial charge in [0, 0.05) is 10.0 Å². The van der Waals surface area contributed by atoms with Crippen LogP contribution < -0.4 is 5.73 Å². The summed E-state index contributed by atoms with van der Waals surface area (Å²) in [7, 11) is 0. The lowest BCUT2D eigenvalue weighted by Crippen LogP contribution is -2.43. The molecule has 116 valence electrons. The number of aliphatic hydroxyl groups is 1. The first-order valence-corrected chi connectivity index (χ1v) is 6.91. The van der Waals surface area contributed by atoms with Crippen LogP contribution in [0.3, 0.4) is 0 Å². The van der Waals surface area contributed by atoms with E-state index in [9.17, 15) is 23.1 Å². The predicted octanol–water partition coefficient (Wildman–Crippen LogP) is 3.19. The van der Waals surface area contributed by atoms with Gasteiger partial charge in [0.15, 0.2) is 5.60 Å². The zero-order valence-corrected chi connectivity index (χ0v) is 12.6. The third-order valence-electron chi connectivity index (χ3n) is 3.22. The van der Waals surface area contributed by atoms with E-state index in [2.05, 4.69) is 15.9 Å². The Labute approximate surface area is 132 Å². The molecule has 3 N–H and O–H groups in total. The molecular weight excluding hydrogens is 363 g/mol. The van der Waals surface area contributed by atoms with Gasteiger partial charge in [0.2, 0.25) is 0 Å². The highest BCUT2D eigenvalue weighted by Crippen LogP contribution is 2.40. The second kappa shape index (κ2) is 5.73. The van der Waals surface area contributed by atoms with Gasteiger partial charge in [-0.25, -0.2) is 0 Å². The summed E-state index contributed by atoms with van der Waals surface area (Å²) in [5.41, 5.74) is 0.867. The van der Waals surface area contributed by atoms with Gasteiger partial charge in [0.05, 0.1) is 5.56 Å². The molecule has 2 aromatic rings. The topological polar surface area (TPSA) is 63.3 Å². The van der Waals surface area contributed by atoms with E-state index in [1.165, 1.54) is 30.3 Å². The third-order valence-corrected chi connectivity index (χ3v) is 3.72. The van der Waals surface area contributed by atoms with Crippen LogP contribution in [0.1, 0.15) is 16.7 Å². The Morgan fingerprint density at radius 2 is 1.64 bits per heavy atom. The van der Waals surface area contributed by atoms with Crippen LogP contribution in [0.15, 0.2) is 53.0 Å². The lowest BCUT2D eigenvalue weighted by Gasteiger charge is -2.28. The molecule has 0 aliphatic rings. The molecule has 1 unspecified atom stereocenters. The largest absolute Gasteiger partial charge is 0.416 e. The summed E-state index contributed by atoms with van der Waals surface area (Å²) in [6.45, 7) is 0. The second-order valence-corrected chi connectivity index (χ2v) is 5.54. The highest BCUT2D eigenvalue weighted by atomic mass is 79.9. The SMILES string of the molecule is NC(=O)C(O)(c1ccccc1)c1ccc(Br)cc1C(F)(F)F. The fraction of sp³-hybridized carbons (Fsp3) is 0.133. The molecule has 0 spiro atoms. The number of rotatable bonds is 3. The van der Waals surface area contributed by atoms with Gasteiger partial charge < -0.3 is 10.8 Å². The van der Waals surface area contributed by atoms with Gasteiger partial charge in [-0.2, -0.15) is 13.2 Å². The first kappa shape index (κ1) is 16.5. The second-order valence-electron chi connectivity index (χ2n) is 4.63. The van der Waals surface area contributed by atoms with E-state index in [4.69, 9.17) is 5.73 Å². The fourth-order valence-electron chi connectivity index (χ4n) is 2.18. The Hall–Kier alpha value is -1.86. The molecule has 0 saturated carbocycles. The van der Waals surface area contributed by atoms with Gasteiger partial charge in [-0.05, 0) is 17.7 Å². The Bertz CT molecular complexity index is 704. The molecule has 7 heteroatoms. The molecule has 0 saturated heterocycles. The van der Waals surface area contributed by atoms with E-state index >= 15 is 0 Å². The van der Waals surface area contributed by atoms with Crippen LogP contribution in [0, 0.1) is 0 Å². The Morgan fingerprint density at radius 3 is 2.14 bits per heavy atom. The highest BCUT2D eigenvalue weighted by molar-refractivity contribution is 9.10. The van der Waals surface area contributed by atoms with Crippen LogP contribution in [-0.2, 0) is 16.6 Å². The van der Waals surface area contributed by atoms with Crippen molar-refractivity contribution in [2.75, 3.05) is 0 Å². The maximum absolute atomic E-state index is 13.3. The van der Waals surface area contributed by atoms with Gasteiger partial charge in [0.1, 0.15) is 0 Å². The molecule has 3 nitrogen and oxygen atoms in total. The minimum Gasteiger partial charge on any atom is -0.372 e. The van der Waals surface area contributed by atoms with Crippen molar-refractivity contribution in [3.63, 3.8) is 0 Å². The minimum atomic E-state index is -4.75. The molecule has 0 heterocycles. The molecule has 1 atom stereocenters. The van der Waals surface area contributed by atoms with Crippen LogP contribution in [-0.4, -0.2) is 11.0 Å². The standard InChI is InChI=1S/C15H11BrF3NO2/c16-10-6-7-11(12(8-10)15(17,18)19)14(22,13(20)21)9-4-2-1-3-5-9/h1-8,22H,(H2,20,21). The quantitative estimate of drug-likeness (QED) is 0.867. The van der Waals surface area contributed by atoms with E-state index in [1.807, 2.05) is 0 Å². The molecule has 0 aliphatic carbocycles. The Morgan fingerprint density at radius 1 is 1.05 bits per heavy atom. The van der Waals surface area contributed by atoms with E-state index in [0.717, 1.165) is 12.1 Å². The van der Waals surface area contributed by atoms with Crippen molar-refractivity contribution in [3.05, 3.63) is 69.7 Å². The monoisotopic (exact) mass is 373 g/mol. The van der Waals surface area contributed by atoms with Crippen molar-refractivity contribution in [2.24, 2.45) is 5.73 Å². The molecule has 2 aromatic carbocycles. The summed E-state index contributed by atoms with van der Waals surface area (Å²) in [6.07, 6.45) is -4.75. The molecule has 22 heavy (non-hydrogen) atoms. The zero-order chi connectivity index (χ0) is 16.5. The lowest BCUT2D eigenvalue weighted by molar-refractivity contribution is -0.143. The van der Waals surface area contributed by atoms with Crippen molar-refractivity contribution in [2.45, 2.75) is 11.8 Å². The minimum absolute atomic E-state index is 0.0321. The predicted molar refractivity (Wildman–Crippen MR) is 77.8 cm³/mol. The lowest BCUT2D eigenvalue weighted by atomic mass is 9.83. The van der Waals surface area contributed by atoms with Gasteiger partial charge in [-0.3, -0.25) is 4.79 Å². The number of hydrogen-bond donors (Lipinski definition) is 2. The van der Waals surface area contributed by atoms with Crippen molar-refractivity contribution in [1.29, 1.82) is 0 Å². The summed E-state index contributed by atoms with van der Waals surface area (Å²) in [4.78, 5) is 11.8. The zero-order valence-electron chi connectivity index (χ0n) is 11.1. The Balaban J connectivity index is 2.78. The van der Waals surface area contributed by atoms with Crippen molar-refractivity contribution >= 4 is 21.8 Å². The van der Waals surface area contributed by atoms with Crippen LogP contribution in [0.5, 0.6) is 0 Å². The van der Waals surface area contributed by atoms with Crippen molar-refractivity contribution in [3.8, 4) is 0 Å². The van der Waals surface area contributed by atoms with E-state index in [-0.39, 0.29) is 10.0 Å². The van der Waals surface area contributed by atoms with Gasteiger partial charge in [0.25, 0.3) is 5.91 Å². The smallest absolute Gasteiger partial charge is 0.372 e. The van der Waals surface area contributed by atoms with Crippen molar-refractivity contribution in [1.82, 2.24) is 0 Å². The van der Waals surface area contributed by atoms with E-state index in [0.29, 0.717) is 0 Å². The number of alkyl halides is 3. The molecule has 0 bridgehead atoms. The third kappa shape index (κ3) is 2.86. The first-order valence-electron chi connectivity index (χ1n) is 6.12. The Kier molecular flexibility index (Phi) is 4.30. The van der Waals surface area contributed by atoms with Crippen LogP contribution in [0.25, 0.3) is 0 Å². The number of carbonyl (C=O) groups is 1. The van der Waals surface area contributed by atoms with Crippen LogP contribution in [0.2, 0.25) is 0 Å². The maximum atomic E-state index is 13.3.